The molecule has 0 saturated heterocycles. The summed E-state index contributed by atoms with van der Waals surface area (Å²) in [4.78, 5) is 34.6. The van der Waals surface area contributed by atoms with Crippen LogP contribution in [0.25, 0.3) is 0 Å². The third kappa shape index (κ3) is 3.68. The van der Waals surface area contributed by atoms with Gasteiger partial charge in [-0.2, -0.15) is 4.90 Å². The van der Waals surface area contributed by atoms with Crippen molar-refractivity contribution in [1.29, 1.82) is 0 Å². The Balaban J connectivity index is 2.40. The Kier molecular flexibility index (Phi) is 5.55. The summed E-state index contributed by atoms with van der Waals surface area (Å²) in [5.74, 6) is -0.979. The van der Waals surface area contributed by atoms with Gasteiger partial charge in [-0.25, -0.2) is 4.79 Å². The van der Waals surface area contributed by atoms with E-state index in [9.17, 15) is 14.4 Å². The topological polar surface area (TPSA) is 63.7 Å². The van der Waals surface area contributed by atoms with Crippen LogP contribution in [0.3, 0.4) is 0 Å². The molecule has 0 saturated carbocycles. The van der Waals surface area contributed by atoms with Crippen LogP contribution in [0, 0.1) is 5.92 Å². The van der Waals surface area contributed by atoms with Crippen LogP contribution in [-0.2, 0) is 14.3 Å². The molecule has 1 atom stereocenters. The third-order valence-corrected chi connectivity index (χ3v) is 2.98. The molecule has 0 N–H and O–H groups in total. The van der Waals surface area contributed by atoms with Crippen molar-refractivity contribution in [3.05, 3.63) is 12.2 Å². The Morgan fingerprint density at radius 3 is 2.39 bits per heavy atom. The van der Waals surface area contributed by atoms with Crippen LogP contribution in [-0.4, -0.2) is 29.4 Å². The Hall–Kier alpha value is -1.65. The first-order chi connectivity index (χ1) is 8.60. The smallest absolute Gasteiger partial charge is 0.424 e. The second-order valence-corrected chi connectivity index (χ2v) is 4.34. The maximum absolute atomic E-state index is 11.6. The molecule has 1 unspecified atom stereocenters. The van der Waals surface area contributed by atoms with Gasteiger partial charge in [0.25, 0.3) is 11.8 Å². The maximum Gasteiger partial charge on any atom is 0.424 e. The van der Waals surface area contributed by atoms with Crippen molar-refractivity contribution in [3.63, 3.8) is 0 Å². The monoisotopic (exact) mass is 253 g/mol. The Morgan fingerprint density at radius 2 is 1.89 bits per heavy atom. The number of ether oxygens (including phenoxy) is 1. The van der Waals surface area contributed by atoms with E-state index >= 15 is 0 Å². The van der Waals surface area contributed by atoms with Crippen LogP contribution >= 0.6 is 0 Å². The van der Waals surface area contributed by atoms with Gasteiger partial charge < -0.3 is 4.74 Å². The van der Waals surface area contributed by atoms with Gasteiger partial charge in [0.2, 0.25) is 0 Å². The zero-order chi connectivity index (χ0) is 13.5. The fourth-order valence-corrected chi connectivity index (χ4v) is 1.73. The highest BCUT2D eigenvalue weighted by molar-refractivity contribution is 6.21. The van der Waals surface area contributed by atoms with Gasteiger partial charge in [-0.1, -0.05) is 33.1 Å². The second kappa shape index (κ2) is 6.93. The van der Waals surface area contributed by atoms with Crippen LogP contribution in [0.15, 0.2) is 12.2 Å². The fourth-order valence-electron chi connectivity index (χ4n) is 1.73. The molecule has 0 aromatic carbocycles. The highest BCUT2D eigenvalue weighted by Gasteiger charge is 2.31. The van der Waals surface area contributed by atoms with E-state index in [1.165, 1.54) is 0 Å². The van der Waals surface area contributed by atoms with Gasteiger partial charge in [0.1, 0.15) is 0 Å². The number of hydrogen-bond donors (Lipinski definition) is 0. The SMILES string of the molecule is CCCCC(CC)COC(=O)N1C(=O)C=CC1=O. The number of nitrogens with zero attached hydrogens (tertiary/aromatic N) is 1. The van der Waals surface area contributed by atoms with E-state index in [1.54, 1.807) is 0 Å². The van der Waals surface area contributed by atoms with Gasteiger partial charge in [0.15, 0.2) is 0 Å². The average Bonchev–Trinajstić information content (AvgIpc) is 2.69. The Morgan fingerprint density at radius 1 is 1.28 bits per heavy atom. The second-order valence-electron chi connectivity index (χ2n) is 4.34. The number of hydrogen-bond acceptors (Lipinski definition) is 4. The van der Waals surface area contributed by atoms with Crippen molar-refractivity contribution < 1.29 is 19.1 Å². The molecular weight excluding hydrogens is 234 g/mol. The van der Waals surface area contributed by atoms with Crippen LogP contribution in [0.1, 0.15) is 39.5 Å². The summed E-state index contributed by atoms with van der Waals surface area (Å²) in [5, 5.41) is 0. The summed E-state index contributed by atoms with van der Waals surface area (Å²) in [6, 6.07) is 0. The molecular formula is C13H19NO4. The van der Waals surface area contributed by atoms with Gasteiger partial charge in [-0.05, 0) is 12.3 Å². The number of amides is 3. The van der Waals surface area contributed by atoms with Gasteiger partial charge in [-0.15, -0.1) is 0 Å². The lowest BCUT2D eigenvalue weighted by molar-refractivity contribution is -0.134. The van der Waals surface area contributed by atoms with Crippen molar-refractivity contribution in [2.45, 2.75) is 39.5 Å². The van der Waals surface area contributed by atoms with E-state index < -0.39 is 17.9 Å². The molecule has 1 aliphatic heterocycles. The van der Waals surface area contributed by atoms with Crippen LogP contribution < -0.4 is 0 Å². The van der Waals surface area contributed by atoms with E-state index in [0.29, 0.717) is 4.90 Å². The van der Waals surface area contributed by atoms with Gasteiger partial charge in [0, 0.05) is 12.2 Å². The van der Waals surface area contributed by atoms with Gasteiger partial charge in [0.05, 0.1) is 6.61 Å². The third-order valence-electron chi connectivity index (χ3n) is 2.98. The van der Waals surface area contributed by atoms with Crippen LogP contribution in [0.2, 0.25) is 0 Å². The lowest BCUT2D eigenvalue weighted by Gasteiger charge is -2.17. The van der Waals surface area contributed by atoms with E-state index in [0.717, 1.165) is 37.8 Å². The van der Waals surface area contributed by atoms with Crippen LogP contribution in [0.4, 0.5) is 4.79 Å². The molecule has 3 amide bonds. The van der Waals surface area contributed by atoms with E-state index in [2.05, 4.69) is 6.92 Å². The summed E-state index contributed by atoms with van der Waals surface area (Å²) >= 11 is 0. The zero-order valence-electron chi connectivity index (χ0n) is 10.8. The maximum atomic E-state index is 11.6. The molecule has 5 nitrogen and oxygen atoms in total. The van der Waals surface area contributed by atoms with Crippen molar-refractivity contribution in [2.75, 3.05) is 6.61 Å². The highest BCUT2D eigenvalue weighted by atomic mass is 16.6. The number of carbonyl (C=O) groups excluding carboxylic acids is 3. The fraction of sp³-hybridized carbons (Fsp3) is 0.615. The standard InChI is InChI=1S/C13H19NO4/c1-3-5-6-10(4-2)9-18-13(17)14-11(15)7-8-12(14)16/h7-8,10H,3-6,9H2,1-2H3. The molecule has 1 rings (SSSR count). The van der Waals surface area contributed by atoms with Gasteiger partial charge >= 0.3 is 6.09 Å². The molecule has 18 heavy (non-hydrogen) atoms. The molecule has 0 spiro atoms. The number of unbranched alkanes of at least 4 members (excludes halogenated alkanes) is 1. The molecule has 5 heteroatoms. The molecule has 0 radical (unpaired) electrons. The molecule has 0 fully saturated rings. The van der Waals surface area contributed by atoms with Gasteiger partial charge in [-0.3, -0.25) is 9.59 Å². The minimum atomic E-state index is -0.870. The largest absolute Gasteiger partial charge is 0.448 e. The van der Waals surface area contributed by atoms with E-state index in [-0.39, 0.29) is 12.5 Å². The van der Waals surface area contributed by atoms with Crippen molar-refractivity contribution >= 4 is 17.9 Å². The Labute approximate surface area is 107 Å². The van der Waals surface area contributed by atoms with E-state index in [1.807, 2.05) is 6.92 Å². The highest BCUT2D eigenvalue weighted by Crippen LogP contribution is 2.14. The first-order valence-corrected chi connectivity index (χ1v) is 6.33. The van der Waals surface area contributed by atoms with Crippen molar-refractivity contribution in [3.8, 4) is 0 Å². The van der Waals surface area contributed by atoms with Crippen LogP contribution in [0.5, 0.6) is 0 Å². The molecule has 0 aromatic heterocycles. The predicted molar refractivity (Wildman–Crippen MR) is 65.6 cm³/mol. The summed E-state index contributed by atoms with van der Waals surface area (Å²) in [6.45, 7) is 4.39. The lowest BCUT2D eigenvalue weighted by Crippen LogP contribution is -2.37. The number of imide groups is 3. The lowest BCUT2D eigenvalue weighted by atomic mass is 10.0. The molecule has 100 valence electrons. The summed E-state index contributed by atoms with van der Waals surface area (Å²) < 4.78 is 5.02. The summed E-state index contributed by atoms with van der Waals surface area (Å²) in [6.07, 6.45) is 5.34. The molecule has 1 aliphatic rings. The Bertz CT molecular complexity index is 344. The predicted octanol–water partition coefficient (Wildman–Crippen LogP) is 2.26. The molecule has 1 heterocycles. The summed E-state index contributed by atoms with van der Waals surface area (Å²) in [7, 11) is 0. The molecule has 0 aromatic rings. The molecule has 0 aliphatic carbocycles. The normalized spacial score (nSPS) is 16.2. The van der Waals surface area contributed by atoms with Crippen molar-refractivity contribution in [2.24, 2.45) is 5.92 Å². The number of rotatable bonds is 6. The minimum Gasteiger partial charge on any atom is -0.448 e. The van der Waals surface area contributed by atoms with Crippen molar-refractivity contribution in [1.82, 2.24) is 4.90 Å². The first-order valence-electron chi connectivity index (χ1n) is 6.33. The molecule has 0 bridgehead atoms. The first kappa shape index (κ1) is 14.4. The zero-order valence-corrected chi connectivity index (χ0v) is 10.8. The summed E-state index contributed by atoms with van der Waals surface area (Å²) in [5.41, 5.74) is 0. The average molecular weight is 253 g/mol. The number of carbonyl (C=O) groups is 3. The minimum absolute atomic E-state index is 0.256. The van der Waals surface area contributed by atoms with E-state index in [4.69, 9.17) is 4.74 Å². The quantitative estimate of drug-likeness (QED) is 0.681.